The number of quaternary nitrogens is 1. The number of aliphatic carboxylic acids is 1. The van der Waals surface area contributed by atoms with Crippen molar-refractivity contribution < 1.29 is 25.4 Å². The maximum Gasteiger partial charge on any atom is 0.162 e. The lowest BCUT2D eigenvalue weighted by Crippen LogP contribution is -2.96. The number of hydrogen-bond donors (Lipinski definition) is 3. The highest BCUT2D eigenvalue weighted by molar-refractivity contribution is 8.00. The van der Waals surface area contributed by atoms with Crippen molar-refractivity contribution in [2.45, 2.75) is 17.5 Å². The van der Waals surface area contributed by atoms with Gasteiger partial charge in [0.05, 0.1) is 12.4 Å². The van der Waals surface area contributed by atoms with Crippen LogP contribution in [0.2, 0.25) is 0 Å². The molecule has 0 unspecified atom stereocenters. The number of aliphatic hydroxyl groups excluding tert-OH is 2. The van der Waals surface area contributed by atoms with E-state index in [-0.39, 0.29) is 12.0 Å². The van der Waals surface area contributed by atoms with Gasteiger partial charge < -0.3 is 25.4 Å². The highest BCUT2D eigenvalue weighted by atomic mass is 32.2. The van der Waals surface area contributed by atoms with E-state index in [4.69, 9.17) is 10.2 Å². The van der Waals surface area contributed by atoms with Crippen molar-refractivity contribution in [1.82, 2.24) is 0 Å². The van der Waals surface area contributed by atoms with E-state index in [2.05, 4.69) is 0 Å². The Labute approximate surface area is 73.8 Å². The normalized spacial score (nSPS) is 31.8. The summed E-state index contributed by atoms with van der Waals surface area (Å²) in [6.45, 7) is -0.339. The summed E-state index contributed by atoms with van der Waals surface area (Å²) in [4.78, 5) is 10.4. The average Bonchev–Trinajstić information content (AvgIpc) is 2.51. The molecule has 6 heteroatoms. The number of carboxylic acids is 1. The lowest BCUT2D eigenvalue weighted by atomic mass is 10.3. The van der Waals surface area contributed by atoms with E-state index in [0.29, 0.717) is 5.75 Å². The number of carboxylic acid groups (broad SMARTS) is 1. The van der Waals surface area contributed by atoms with E-state index in [9.17, 15) is 9.90 Å². The van der Waals surface area contributed by atoms with Crippen LogP contribution in [-0.4, -0.2) is 46.1 Å². The van der Waals surface area contributed by atoms with Crippen LogP contribution in [0.4, 0.5) is 0 Å². The first-order valence-corrected chi connectivity index (χ1v) is 4.66. The van der Waals surface area contributed by atoms with Crippen LogP contribution in [0.1, 0.15) is 0 Å². The Morgan fingerprint density at radius 2 is 2.50 bits per heavy atom. The Kier molecular flexibility index (Phi) is 3.33. The summed E-state index contributed by atoms with van der Waals surface area (Å²) in [6.07, 6.45) is -0.862. The first-order chi connectivity index (χ1) is 5.65. The van der Waals surface area contributed by atoms with E-state index in [1.165, 1.54) is 17.1 Å². The van der Waals surface area contributed by atoms with E-state index in [0.717, 1.165) is 0 Å². The van der Waals surface area contributed by atoms with Crippen LogP contribution in [0, 0.1) is 0 Å². The molecule has 5 nitrogen and oxygen atoms in total. The maximum atomic E-state index is 10.4. The second-order valence-corrected chi connectivity index (χ2v) is 3.88. The van der Waals surface area contributed by atoms with E-state index < -0.39 is 18.1 Å². The van der Waals surface area contributed by atoms with Crippen molar-refractivity contribution >= 4 is 17.7 Å². The van der Waals surface area contributed by atoms with Gasteiger partial charge in [-0.05, 0) is 0 Å². The van der Waals surface area contributed by atoms with Crippen molar-refractivity contribution in [1.29, 1.82) is 0 Å². The minimum atomic E-state index is -1.12. The van der Waals surface area contributed by atoms with Crippen LogP contribution in [-0.2, 0) is 4.79 Å². The van der Waals surface area contributed by atoms with Gasteiger partial charge >= 0.3 is 0 Å². The molecule has 0 aliphatic carbocycles. The molecule has 0 radical (unpaired) electrons. The molecule has 0 spiro atoms. The molecule has 0 bridgehead atoms. The fourth-order valence-corrected chi connectivity index (χ4v) is 2.33. The van der Waals surface area contributed by atoms with Crippen LogP contribution in [0.25, 0.3) is 0 Å². The average molecular weight is 193 g/mol. The Bertz CT molecular complexity index is 177. The van der Waals surface area contributed by atoms with Gasteiger partial charge in [-0.3, -0.25) is 0 Å². The second kappa shape index (κ2) is 4.08. The molecule has 1 aliphatic heterocycles. The monoisotopic (exact) mass is 193 g/mol. The lowest BCUT2D eigenvalue weighted by Gasteiger charge is -2.13. The zero-order valence-corrected chi connectivity index (χ0v) is 7.16. The fraction of sp³-hybridized carbons (Fsp3) is 0.833. The number of aliphatic hydroxyl groups is 2. The van der Waals surface area contributed by atoms with Crippen molar-refractivity contribution in [3.8, 4) is 0 Å². The second-order valence-electron chi connectivity index (χ2n) is 2.67. The molecule has 1 fully saturated rings. The molecule has 0 aromatic carbocycles. The number of thioether (sulfide) groups is 1. The molecule has 0 saturated carbocycles. The zero-order valence-electron chi connectivity index (χ0n) is 6.34. The summed E-state index contributed by atoms with van der Waals surface area (Å²) >= 11 is 1.33. The minimum Gasteiger partial charge on any atom is -0.544 e. The zero-order chi connectivity index (χ0) is 9.14. The molecule has 0 aromatic rings. The Morgan fingerprint density at radius 3 is 2.92 bits per heavy atom. The molecule has 70 valence electrons. The lowest BCUT2D eigenvalue weighted by molar-refractivity contribution is -0.690. The summed E-state index contributed by atoms with van der Waals surface area (Å²) in [7, 11) is 0. The third kappa shape index (κ3) is 2.10. The number of hydrogen-bond acceptors (Lipinski definition) is 5. The van der Waals surface area contributed by atoms with Gasteiger partial charge in [0.15, 0.2) is 5.37 Å². The number of carbonyl (C=O) groups excluding carboxylic acids is 1. The molecule has 4 N–H and O–H groups in total. The van der Waals surface area contributed by atoms with Crippen LogP contribution in [0.3, 0.4) is 0 Å². The van der Waals surface area contributed by atoms with Gasteiger partial charge in [-0.15, -0.1) is 0 Å². The fourth-order valence-electron chi connectivity index (χ4n) is 1.04. The van der Waals surface area contributed by atoms with Crippen molar-refractivity contribution in [3.63, 3.8) is 0 Å². The molecule has 1 rings (SSSR count). The van der Waals surface area contributed by atoms with E-state index in [1.54, 1.807) is 0 Å². The van der Waals surface area contributed by atoms with Crippen LogP contribution in [0.15, 0.2) is 0 Å². The van der Waals surface area contributed by atoms with Gasteiger partial charge in [0.2, 0.25) is 0 Å². The number of carbonyl (C=O) groups is 1. The topological polar surface area (TPSA) is 97.2 Å². The quantitative estimate of drug-likeness (QED) is 0.425. The molecule has 1 heterocycles. The number of nitrogens with two attached hydrogens (primary N) is 1. The Morgan fingerprint density at radius 1 is 1.83 bits per heavy atom. The van der Waals surface area contributed by atoms with Crippen molar-refractivity contribution in [3.05, 3.63) is 0 Å². The van der Waals surface area contributed by atoms with Crippen LogP contribution in [0.5, 0.6) is 0 Å². The van der Waals surface area contributed by atoms with Gasteiger partial charge in [-0.25, -0.2) is 0 Å². The van der Waals surface area contributed by atoms with Crippen LogP contribution >= 0.6 is 11.8 Å². The molecule has 0 amide bonds. The van der Waals surface area contributed by atoms with Gasteiger partial charge in [-0.2, -0.15) is 0 Å². The highest BCUT2D eigenvalue weighted by Gasteiger charge is 2.34. The Balaban J connectivity index is 2.40. The predicted octanol–water partition coefficient (Wildman–Crippen LogP) is -3.91. The third-order valence-corrected chi connectivity index (χ3v) is 3.17. The SMILES string of the molecule is O=C([O-])[C@@H]1CS[C@@H]([C@H](O)CO)[NH2+]1. The minimum absolute atomic E-state index is 0.280. The van der Waals surface area contributed by atoms with Gasteiger partial charge in [0.25, 0.3) is 0 Å². The first kappa shape index (κ1) is 9.79. The molecule has 0 aromatic heterocycles. The smallest absolute Gasteiger partial charge is 0.162 e. The standard InChI is InChI=1S/C6H11NO4S/c8-1-4(9)5-7-3(2-12-5)6(10)11/h3-5,7-9H,1-2H2,(H,10,11)/t3-,4+,5-/m0/s1. The molecular formula is C6H11NO4S. The molecule has 1 aliphatic rings. The maximum absolute atomic E-state index is 10.4. The molecule has 12 heavy (non-hydrogen) atoms. The van der Waals surface area contributed by atoms with Crippen LogP contribution < -0.4 is 10.4 Å². The predicted molar refractivity (Wildman–Crippen MR) is 40.1 cm³/mol. The number of rotatable bonds is 3. The van der Waals surface area contributed by atoms with E-state index in [1.807, 2.05) is 0 Å². The third-order valence-electron chi connectivity index (χ3n) is 1.76. The molecule has 1 saturated heterocycles. The summed E-state index contributed by atoms with van der Waals surface area (Å²) < 4.78 is 0. The summed E-state index contributed by atoms with van der Waals surface area (Å²) in [5, 5.41) is 29.3. The van der Waals surface area contributed by atoms with Gasteiger partial charge in [0, 0.05) is 0 Å². The van der Waals surface area contributed by atoms with Gasteiger partial charge in [0.1, 0.15) is 18.1 Å². The Hall–Kier alpha value is -0.300. The van der Waals surface area contributed by atoms with Crippen molar-refractivity contribution in [2.24, 2.45) is 0 Å². The molecular weight excluding hydrogens is 182 g/mol. The summed E-state index contributed by atoms with van der Waals surface area (Å²) in [5.41, 5.74) is 0. The summed E-state index contributed by atoms with van der Waals surface area (Å²) in [5.74, 6) is -0.695. The molecule has 3 atom stereocenters. The highest BCUT2D eigenvalue weighted by Crippen LogP contribution is 2.14. The van der Waals surface area contributed by atoms with E-state index >= 15 is 0 Å². The van der Waals surface area contributed by atoms with Gasteiger partial charge in [-0.1, -0.05) is 11.8 Å². The first-order valence-electron chi connectivity index (χ1n) is 3.61. The summed E-state index contributed by atoms with van der Waals surface area (Å²) in [6, 6.07) is -0.596. The van der Waals surface area contributed by atoms with Crippen molar-refractivity contribution in [2.75, 3.05) is 12.4 Å². The largest absolute Gasteiger partial charge is 0.544 e.